The maximum Gasteiger partial charge on any atom is 0.325 e. The molecule has 0 fully saturated rings. The van der Waals surface area contributed by atoms with Crippen molar-refractivity contribution in [2.24, 2.45) is 5.92 Å². The number of hydrogen-bond acceptors (Lipinski definition) is 4. The van der Waals surface area contributed by atoms with E-state index in [0.717, 1.165) is 30.4 Å². The fourth-order valence-corrected chi connectivity index (χ4v) is 4.02. The number of carbonyl (C=O) groups is 3. The number of amides is 1. The van der Waals surface area contributed by atoms with Crippen molar-refractivity contribution in [2.45, 2.75) is 71.1 Å². The van der Waals surface area contributed by atoms with Gasteiger partial charge in [0.15, 0.2) is 5.78 Å². The molecule has 0 saturated carbocycles. The van der Waals surface area contributed by atoms with Crippen LogP contribution in [-0.4, -0.2) is 31.3 Å². The standard InChI is InChI=1S/C23H33NO4/c1-15(2)17-9-10-19-18(13-17)20(25)12-16(3)23(19,4)11-7-6-8-21(26)24-14-22(27)28-5/h9-10,13,15-16H,6-8,11-12,14H2,1-5H3,(H,24,26)/t16-,23+/m1/s1. The quantitative estimate of drug-likeness (QED) is 0.537. The van der Waals surface area contributed by atoms with Crippen molar-refractivity contribution < 1.29 is 19.1 Å². The summed E-state index contributed by atoms with van der Waals surface area (Å²) in [5.74, 6) is 0.325. The van der Waals surface area contributed by atoms with E-state index < -0.39 is 5.97 Å². The van der Waals surface area contributed by atoms with E-state index in [4.69, 9.17) is 0 Å². The largest absolute Gasteiger partial charge is 0.468 e. The highest BCUT2D eigenvalue weighted by molar-refractivity contribution is 5.99. The molecule has 1 N–H and O–H groups in total. The Labute approximate surface area is 168 Å². The second-order valence-electron chi connectivity index (χ2n) is 8.47. The molecule has 1 aromatic carbocycles. The van der Waals surface area contributed by atoms with Crippen LogP contribution in [0, 0.1) is 5.92 Å². The SMILES string of the molecule is COC(=O)CNC(=O)CCCC[C@]1(C)c2ccc(C(C)C)cc2C(=O)C[C@H]1C. The zero-order valence-electron chi connectivity index (χ0n) is 17.8. The molecule has 0 saturated heterocycles. The van der Waals surface area contributed by atoms with Gasteiger partial charge in [0.05, 0.1) is 7.11 Å². The van der Waals surface area contributed by atoms with Crippen LogP contribution in [0.15, 0.2) is 18.2 Å². The maximum atomic E-state index is 12.6. The van der Waals surface area contributed by atoms with Gasteiger partial charge in [-0.15, -0.1) is 0 Å². The van der Waals surface area contributed by atoms with Gasteiger partial charge in [0.1, 0.15) is 6.54 Å². The Bertz CT molecular complexity index is 740. The van der Waals surface area contributed by atoms with Crippen molar-refractivity contribution in [1.29, 1.82) is 0 Å². The van der Waals surface area contributed by atoms with Crippen LogP contribution in [0.1, 0.15) is 87.2 Å². The minimum atomic E-state index is -0.445. The number of rotatable bonds is 8. The lowest BCUT2D eigenvalue weighted by atomic mass is 9.62. The van der Waals surface area contributed by atoms with E-state index in [1.807, 2.05) is 0 Å². The van der Waals surface area contributed by atoms with Gasteiger partial charge in [0.25, 0.3) is 0 Å². The Morgan fingerprint density at radius 3 is 2.64 bits per heavy atom. The highest BCUT2D eigenvalue weighted by Gasteiger charge is 2.40. The summed E-state index contributed by atoms with van der Waals surface area (Å²) in [7, 11) is 1.30. The van der Waals surface area contributed by atoms with Crippen molar-refractivity contribution >= 4 is 17.7 Å². The van der Waals surface area contributed by atoms with Gasteiger partial charge in [0.2, 0.25) is 5.91 Å². The summed E-state index contributed by atoms with van der Waals surface area (Å²) in [6, 6.07) is 6.36. The molecule has 1 aliphatic carbocycles. The first-order valence-electron chi connectivity index (χ1n) is 10.2. The molecule has 1 aromatic rings. The lowest BCUT2D eigenvalue weighted by molar-refractivity contribution is -0.141. The third kappa shape index (κ3) is 5.00. The van der Waals surface area contributed by atoms with Crippen LogP contribution < -0.4 is 5.32 Å². The summed E-state index contributed by atoms with van der Waals surface area (Å²) < 4.78 is 4.51. The van der Waals surface area contributed by atoms with Gasteiger partial charge in [-0.1, -0.05) is 46.2 Å². The van der Waals surface area contributed by atoms with E-state index in [1.165, 1.54) is 12.7 Å². The Balaban J connectivity index is 2.01. The number of carbonyl (C=O) groups excluding carboxylic acids is 3. The molecule has 0 heterocycles. The number of benzene rings is 1. The number of ketones is 1. The fourth-order valence-electron chi connectivity index (χ4n) is 4.02. The molecule has 28 heavy (non-hydrogen) atoms. The van der Waals surface area contributed by atoms with E-state index in [0.29, 0.717) is 18.8 Å². The minimum absolute atomic E-state index is 0.0682. The molecule has 5 heteroatoms. The van der Waals surface area contributed by atoms with Gasteiger partial charge >= 0.3 is 5.97 Å². The van der Waals surface area contributed by atoms with Crippen LogP contribution >= 0.6 is 0 Å². The van der Waals surface area contributed by atoms with Crippen molar-refractivity contribution in [2.75, 3.05) is 13.7 Å². The van der Waals surface area contributed by atoms with Crippen LogP contribution in [0.25, 0.3) is 0 Å². The molecule has 2 rings (SSSR count). The molecule has 0 spiro atoms. The second-order valence-corrected chi connectivity index (χ2v) is 8.47. The van der Waals surface area contributed by atoms with E-state index >= 15 is 0 Å². The van der Waals surface area contributed by atoms with Gasteiger partial charge in [0, 0.05) is 18.4 Å². The van der Waals surface area contributed by atoms with Crippen LogP contribution in [0.4, 0.5) is 0 Å². The summed E-state index contributed by atoms with van der Waals surface area (Å²) in [6.07, 6.45) is 3.54. The Hall–Kier alpha value is -2.17. The predicted octanol–water partition coefficient (Wildman–Crippen LogP) is 4.14. The zero-order chi connectivity index (χ0) is 20.9. The predicted molar refractivity (Wildman–Crippen MR) is 109 cm³/mol. The Morgan fingerprint density at radius 2 is 2.00 bits per heavy atom. The van der Waals surface area contributed by atoms with Crippen LogP contribution in [0.3, 0.4) is 0 Å². The molecule has 2 atom stereocenters. The molecular weight excluding hydrogens is 354 g/mol. The summed E-state index contributed by atoms with van der Waals surface area (Å²) in [4.78, 5) is 35.6. The van der Waals surface area contributed by atoms with Gasteiger partial charge in [-0.2, -0.15) is 0 Å². The van der Waals surface area contributed by atoms with Crippen LogP contribution in [-0.2, 0) is 19.7 Å². The first kappa shape index (κ1) is 22.1. The molecule has 0 aliphatic heterocycles. The van der Waals surface area contributed by atoms with Crippen molar-refractivity contribution in [3.8, 4) is 0 Å². The number of hydrogen-bond donors (Lipinski definition) is 1. The van der Waals surface area contributed by atoms with E-state index in [9.17, 15) is 14.4 Å². The van der Waals surface area contributed by atoms with Gasteiger partial charge in [-0.05, 0) is 47.3 Å². The molecule has 0 radical (unpaired) electrons. The summed E-state index contributed by atoms with van der Waals surface area (Å²) in [6.45, 7) is 8.59. The monoisotopic (exact) mass is 387 g/mol. The highest BCUT2D eigenvalue weighted by Crippen LogP contribution is 2.45. The molecule has 1 amide bonds. The Morgan fingerprint density at radius 1 is 1.29 bits per heavy atom. The smallest absolute Gasteiger partial charge is 0.325 e. The Kier molecular flexibility index (Phi) is 7.39. The lowest BCUT2D eigenvalue weighted by Crippen LogP contribution is -2.38. The topological polar surface area (TPSA) is 72.5 Å². The summed E-state index contributed by atoms with van der Waals surface area (Å²) in [5, 5.41) is 2.57. The molecule has 154 valence electrons. The number of esters is 1. The first-order chi connectivity index (χ1) is 13.2. The highest BCUT2D eigenvalue weighted by atomic mass is 16.5. The van der Waals surface area contributed by atoms with Crippen molar-refractivity contribution in [1.82, 2.24) is 5.32 Å². The van der Waals surface area contributed by atoms with Gasteiger partial charge in [-0.3, -0.25) is 14.4 Å². The van der Waals surface area contributed by atoms with E-state index in [2.05, 4.69) is 55.9 Å². The summed E-state index contributed by atoms with van der Waals surface area (Å²) in [5.41, 5.74) is 3.16. The summed E-state index contributed by atoms with van der Waals surface area (Å²) >= 11 is 0. The number of nitrogens with one attached hydrogen (secondary N) is 1. The fraction of sp³-hybridized carbons (Fsp3) is 0.609. The lowest BCUT2D eigenvalue weighted by Gasteiger charge is -2.41. The normalized spacial score (nSPS) is 21.4. The van der Waals surface area contributed by atoms with E-state index in [1.54, 1.807) is 0 Å². The van der Waals surface area contributed by atoms with E-state index in [-0.39, 0.29) is 29.6 Å². The average Bonchev–Trinajstić information content (AvgIpc) is 2.67. The van der Waals surface area contributed by atoms with Crippen LogP contribution in [0.2, 0.25) is 0 Å². The molecule has 0 aromatic heterocycles. The number of ether oxygens (including phenoxy) is 1. The van der Waals surface area contributed by atoms with Crippen molar-refractivity contribution in [3.05, 3.63) is 34.9 Å². The molecule has 5 nitrogen and oxygen atoms in total. The minimum Gasteiger partial charge on any atom is -0.468 e. The van der Waals surface area contributed by atoms with Crippen LogP contribution in [0.5, 0.6) is 0 Å². The van der Waals surface area contributed by atoms with Gasteiger partial charge in [-0.25, -0.2) is 0 Å². The molecule has 0 bridgehead atoms. The third-order valence-corrected chi connectivity index (χ3v) is 6.21. The average molecular weight is 388 g/mol. The maximum absolute atomic E-state index is 12.6. The molecular formula is C23H33NO4. The number of fused-ring (bicyclic) bond motifs is 1. The third-order valence-electron chi connectivity index (χ3n) is 6.21. The molecule has 0 unspecified atom stereocenters. The van der Waals surface area contributed by atoms with Crippen molar-refractivity contribution in [3.63, 3.8) is 0 Å². The second kappa shape index (κ2) is 9.35. The number of Topliss-reactive ketones (excluding diaryl/α,β-unsaturated/α-hetero) is 1. The number of methoxy groups -OCH3 is 1. The zero-order valence-corrected chi connectivity index (χ0v) is 17.8. The van der Waals surface area contributed by atoms with Gasteiger partial charge < -0.3 is 10.1 Å². The molecule has 1 aliphatic rings. The number of unbranched alkanes of at least 4 members (excludes halogenated alkanes) is 1. The first-order valence-corrected chi connectivity index (χ1v) is 10.2.